The molecule has 0 spiro atoms. The van der Waals surface area contributed by atoms with E-state index in [1.54, 1.807) is 24.5 Å². The minimum absolute atomic E-state index is 0.231. The standard InChI is InChI=1S/C12H10N2O2/c1-8-2-3-11(16-8)12-13-7-9-6-10(15)4-5-14(9)12/h2-7,15H,1H3. The van der Waals surface area contributed by atoms with Crippen molar-refractivity contribution in [1.82, 2.24) is 9.38 Å². The molecule has 0 bridgehead atoms. The average Bonchev–Trinajstić information content (AvgIpc) is 2.83. The molecule has 3 aromatic rings. The van der Waals surface area contributed by atoms with Gasteiger partial charge >= 0.3 is 0 Å². The Morgan fingerprint density at radius 2 is 2.19 bits per heavy atom. The number of fused-ring (bicyclic) bond motifs is 1. The van der Waals surface area contributed by atoms with Crippen LogP contribution in [0.1, 0.15) is 5.76 Å². The van der Waals surface area contributed by atoms with E-state index in [0.29, 0.717) is 0 Å². The van der Waals surface area contributed by atoms with Crippen molar-refractivity contribution in [2.45, 2.75) is 6.92 Å². The number of furan rings is 1. The van der Waals surface area contributed by atoms with E-state index in [1.807, 2.05) is 23.5 Å². The molecule has 0 aromatic carbocycles. The molecule has 0 saturated heterocycles. The van der Waals surface area contributed by atoms with Crippen LogP contribution in [0.15, 0.2) is 41.1 Å². The second kappa shape index (κ2) is 3.13. The number of hydrogen-bond donors (Lipinski definition) is 1. The first-order valence-corrected chi connectivity index (χ1v) is 4.97. The second-order valence-electron chi connectivity index (χ2n) is 3.67. The molecule has 4 nitrogen and oxygen atoms in total. The molecular weight excluding hydrogens is 204 g/mol. The highest BCUT2D eigenvalue weighted by atomic mass is 16.3. The fourth-order valence-corrected chi connectivity index (χ4v) is 1.73. The predicted molar refractivity (Wildman–Crippen MR) is 59.3 cm³/mol. The predicted octanol–water partition coefficient (Wildman–Crippen LogP) is 2.61. The molecule has 0 aliphatic heterocycles. The third-order valence-electron chi connectivity index (χ3n) is 2.48. The lowest BCUT2D eigenvalue weighted by atomic mass is 10.4. The molecule has 4 heteroatoms. The smallest absolute Gasteiger partial charge is 0.180 e. The van der Waals surface area contributed by atoms with Gasteiger partial charge in [-0.15, -0.1) is 0 Å². The maximum Gasteiger partial charge on any atom is 0.180 e. The van der Waals surface area contributed by atoms with Crippen molar-refractivity contribution in [3.63, 3.8) is 0 Å². The van der Waals surface area contributed by atoms with Gasteiger partial charge in [-0.05, 0) is 25.1 Å². The van der Waals surface area contributed by atoms with Crippen LogP contribution in [0.3, 0.4) is 0 Å². The number of pyridine rings is 1. The van der Waals surface area contributed by atoms with Gasteiger partial charge in [0.2, 0.25) is 0 Å². The van der Waals surface area contributed by atoms with E-state index in [2.05, 4.69) is 4.98 Å². The van der Waals surface area contributed by atoms with Gasteiger partial charge < -0.3 is 9.52 Å². The number of hydrogen-bond acceptors (Lipinski definition) is 3. The Kier molecular flexibility index (Phi) is 1.77. The maximum absolute atomic E-state index is 9.35. The molecule has 0 unspecified atom stereocenters. The van der Waals surface area contributed by atoms with Crippen LogP contribution in [0.5, 0.6) is 5.75 Å². The molecule has 0 atom stereocenters. The van der Waals surface area contributed by atoms with Crippen molar-refractivity contribution >= 4 is 5.52 Å². The molecule has 3 heterocycles. The maximum atomic E-state index is 9.35. The van der Waals surface area contributed by atoms with Gasteiger partial charge in [0, 0.05) is 12.3 Å². The minimum Gasteiger partial charge on any atom is -0.508 e. The first kappa shape index (κ1) is 9.03. The summed E-state index contributed by atoms with van der Waals surface area (Å²) in [5.74, 6) is 2.55. The van der Waals surface area contributed by atoms with Crippen LogP contribution < -0.4 is 0 Å². The average molecular weight is 214 g/mol. The van der Waals surface area contributed by atoms with Crippen LogP contribution >= 0.6 is 0 Å². The Bertz CT molecular complexity index is 652. The topological polar surface area (TPSA) is 50.7 Å². The number of aryl methyl sites for hydroxylation is 1. The van der Waals surface area contributed by atoms with Crippen LogP contribution in [0.25, 0.3) is 17.1 Å². The van der Waals surface area contributed by atoms with E-state index in [4.69, 9.17) is 4.42 Å². The van der Waals surface area contributed by atoms with Gasteiger partial charge in [-0.1, -0.05) is 0 Å². The summed E-state index contributed by atoms with van der Waals surface area (Å²) in [6.45, 7) is 1.89. The SMILES string of the molecule is Cc1ccc(-c2ncc3cc(O)ccn23)o1. The monoisotopic (exact) mass is 214 g/mol. The van der Waals surface area contributed by atoms with Crippen molar-refractivity contribution in [2.75, 3.05) is 0 Å². The Hall–Kier alpha value is -2.23. The third-order valence-corrected chi connectivity index (χ3v) is 2.48. The number of nitrogens with zero attached hydrogens (tertiary/aromatic N) is 2. The van der Waals surface area contributed by atoms with E-state index >= 15 is 0 Å². The van der Waals surface area contributed by atoms with Gasteiger partial charge in [0.25, 0.3) is 0 Å². The molecule has 3 aromatic heterocycles. The lowest BCUT2D eigenvalue weighted by Crippen LogP contribution is -1.86. The summed E-state index contributed by atoms with van der Waals surface area (Å²) >= 11 is 0. The Balaban J connectivity index is 2.25. The van der Waals surface area contributed by atoms with Gasteiger partial charge in [0.15, 0.2) is 11.6 Å². The van der Waals surface area contributed by atoms with Crippen molar-refractivity contribution in [1.29, 1.82) is 0 Å². The summed E-state index contributed by atoms with van der Waals surface area (Å²) in [6.07, 6.45) is 3.47. The second-order valence-corrected chi connectivity index (χ2v) is 3.67. The number of imidazole rings is 1. The van der Waals surface area contributed by atoms with E-state index < -0.39 is 0 Å². The largest absolute Gasteiger partial charge is 0.508 e. The van der Waals surface area contributed by atoms with Crippen LogP contribution in [0, 0.1) is 6.92 Å². The van der Waals surface area contributed by atoms with Crippen LogP contribution in [-0.4, -0.2) is 14.5 Å². The van der Waals surface area contributed by atoms with Crippen LogP contribution in [-0.2, 0) is 0 Å². The molecule has 3 rings (SSSR count). The highest BCUT2D eigenvalue weighted by molar-refractivity contribution is 5.59. The highest BCUT2D eigenvalue weighted by Crippen LogP contribution is 2.23. The Labute approximate surface area is 91.8 Å². The first-order valence-electron chi connectivity index (χ1n) is 4.97. The lowest BCUT2D eigenvalue weighted by molar-refractivity contribution is 0.475. The lowest BCUT2D eigenvalue weighted by Gasteiger charge is -1.98. The molecule has 0 amide bonds. The van der Waals surface area contributed by atoms with Crippen LogP contribution in [0.4, 0.5) is 0 Å². The zero-order valence-electron chi connectivity index (χ0n) is 8.71. The minimum atomic E-state index is 0.231. The first-order chi connectivity index (χ1) is 7.74. The fourth-order valence-electron chi connectivity index (χ4n) is 1.73. The summed E-state index contributed by atoms with van der Waals surface area (Å²) in [5.41, 5.74) is 0.837. The number of aromatic nitrogens is 2. The molecule has 0 aliphatic carbocycles. The molecule has 0 fully saturated rings. The summed E-state index contributed by atoms with van der Waals surface area (Å²) in [5, 5.41) is 9.35. The molecule has 0 aliphatic rings. The normalized spacial score (nSPS) is 11.1. The molecule has 0 radical (unpaired) electrons. The fraction of sp³-hybridized carbons (Fsp3) is 0.0833. The van der Waals surface area contributed by atoms with Crippen molar-refractivity contribution in [3.05, 3.63) is 42.4 Å². The summed E-state index contributed by atoms with van der Waals surface area (Å²) in [4.78, 5) is 4.28. The Morgan fingerprint density at radius 3 is 2.94 bits per heavy atom. The van der Waals surface area contributed by atoms with Gasteiger partial charge in [0.1, 0.15) is 11.5 Å². The van der Waals surface area contributed by atoms with Crippen molar-refractivity contribution < 1.29 is 9.52 Å². The molecule has 1 N–H and O–H groups in total. The summed E-state index contributed by atoms with van der Waals surface area (Å²) in [7, 11) is 0. The zero-order valence-corrected chi connectivity index (χ0v) is 8.71. The van der Waals surface area contributed by atoms with Crippen LogP contribution in [0.2, 0.25) is 0 Å². The van der Waals surface area contributed by atoms with Gasteiger partial charge in [0.05, 0.1) is 11.7 Å². The van der Waals surface area contributed by atoms with Crippen molar-refractivity contribution in [3.8, 4) is 17.3 Å². The zero-order chi connectivity index (χ0) is 11.1. The molecule has 16 heavy (non-hydrogen) atoms. The Morgan fingerprint density at radius 1 is 1.31 bits per heavy atom. The number of rotatable bonds is 1. The molecule has 0 saturated carbocycles. The molecular formula is C12H10N2O2. The van der Waals surface area contributed by atoms with E-state index in [9.17, 15) is 5.11 Å². The number of aromatic hydroxyl groups is 1. The van der Waals surface area contributed by atoms with E-state index in [-0.39, 0.29) is 5.75 Å². The van der Waals surface area contributed by atoms with Crippen molar-refractivity contribution in [2.24, 2.45) is 0 Å². The molecule has 80 valence electrons. The quantitative estimate of drug-likeness (QED) is 0.677. The van der Waals surface area contributed by atoms with Gasteiger partial charge in [-0.2, -0.15) is 0 Å². The van der Waals surface area contributed by atoms with Gasteiger partial charge in [-0.25, -0.2) is 4.98 Å². The summed E-state index contributed by atoms with van der Waals surface area (Å²) in [6, 6.07) is 7.06. The highest BCUT2D eigenvalue weighted by Gasteiger charge is 2.09. The van der Waals surface area contributed by atoms with E-state index in [1.165, 1.54) is 0 Å². The third kappa shape index (κ3) is 1.27. The van der Waals surface area contributed by atoms with E-state index in [0.717, 1.165) is 22.9 Å². The van der Waals surface area contributed by atoms with Gasteiger partial charge in [-0.3, -0.25) is 4.40 Å². The summed E-state index contributed by atoms with van der Waals surface area (Å²) < 4.78 is 7.39.